The lowest BCUT2D eigenvalue weighted by Gasteiger charge is -2.20. The number of nitrogens with zero attached hydrogens (tertiary/aromatic N) is 2. The maximum Gasteiger partial charge on any atom is 0.422 e. The molecular weight excluding hydrogens is 316 g/mol. The smallest absolute Gasteiger partial charge is 0.422 e. The van der Waals surface area contributed by atoms with Crippen LogP contribution in [-0.4, -0.2) is 33.0 Å². The quantitative estimate of drug-likeness (QED) is 0.623. The summed E-state index contributed by atoms with van der Waals surface area (Å²) < 4.78 is 7.01. The Balaban J connectivity index is 3.36. The van der Waals surface area contributed by atoms with E-state index < -0.39 is 22.9 Å². The van der Waals surface area contributed by atoms with Gasteiger partial charge >= 0.3 is 11.8 Å². The van der Waals surface area contributed by atoms with Gasteiger partial charge in [0, 0.05) is 18.6 Å². The largest absolute Gasteiger partial charge is 0.443 e. The third kappa shape index (κ3) is 4.64. The van der Waals surface area contributed by atoms with Crippen molar-refractivity contribution < 1.29 is 9.53 Å². The van der Waals surface area contributed by atoms with Crippen molar-refractivity contribution in [2.24, 2.45) is 0 Å². The lowest BCUT2D eigenvalue weighted by molar-refractivity contribution is 0.0523. The van der Waals surface area contributed by atoms with E-state index in [1.807, 2.05) is 0 Å². The molecule has 0 amide bonds. The van der Waals surface area contributed by atoms with Crippen LogP contribution in [-0.2, 0) is 11.3 Å². The van der Waals surface area contributed by atoms with Crippen LogP contribution in [0.3, 0.4) is 0 Å². The van der Waals surface area contributed by atoms with Gasteiger partial charge in [0.05, 0.1) is 4.90 Å². The molecule has 0 spiro atoms. The second kappa shape index (κ2) is 7.17. The van der Waals surface area contributed by atoms with Crippen LogP contribution in [0.1, 0.15) is 27.2 Å². The number of rotatable bonds is 4. The van der Waals surface area contributed by atoms with Crippen LogP contribution < -0.4 is 11.2 Å². The van der Waals surface area contributed by atoms with E-state index in [1.165, 1.54) is 18.0 Å². The van der Waals surface area contributed by atoms with Crippen molar-refractivity contribution in [3.05, 3.63) is 27.0 Å². The third-order valence-corrected chi connectivity index (χ3v) is 3.45. The molecule has 0 N–H and O–H groups in total. The first-order chi connectivity index (χ1) is 9.71. The average Bonchev–Trinajstić information content (AvgIpc) is 2.36. The summed E-state index contributed by atoms with van der Waals surface area (Å²) in [4.78, 5) is 36.8. The zero-order valence-electron chi connectivity index (χ0n) is 12.5. The van der Waals surface area contributed by atoms with Gasteiger partial charge in [0.15, 0.2) is 0 Å². The normalized spacial score (nSPS) is 11.5. The van der Waals surface area contributed by atoms with Crippen molar-refractivity contribution in [3.63, 3.8) is 0 Å². The number of carbonyl (C=O) groups is 1. The van der Waals surface area contributed by atoms with E-state index >= 15 is 0 Å². The van der Waals surface area contributed by atoms with Crippen LogP contribution in [0.4, 0.5) is 4.79 Å². The fourth-order valence-electron chi connectivity index (χ4n) is 1.57. The fourth-order valence-corrected chi connectivity index (χ4v) is 2.19. The molecule has 0 bridgehead atoms. The molecule has 0 aliphatic rings. The highest BCUT2D eigenvalue weighted by molar-refractivity contribution is 7.98. The average molecular weight is 335 g/mol. The summed E-state index contributed by atoms with van der Waals surface area (Å²) in [5.74, 6) is 0.321. The molecule has 1 aromatic heterocycles. The Morgan fingerprint density at radius 1 is 1.38 bits per heavy atom. The first-order valence-electron chi connectivity index (χ1n) is 6.41. The number of alkyl halides is 1. The zero-order chi connectivity index (χ0) is 16.2. The summed E-state index contributed by atoms with van der Waals surface area (Å²) in [5, 5.41) is 0. The van der Waals surface area contributed by atoms with Gasteiger partial charge in [0.1, 0.15) is 5.60 Å². The highest BCUT2D eigenvalue weighted by atomic mass is 35.5. The molecule has 0 unspecified atom stereocenters. The second-order valence-electron chi connectivity index (χ2n) is 5.33. The van der Waals surface area contributed by atoms with Gasteiger partial charge in [-0.05, 0) is 33.4 Å². The van der Waals surface area contributed by atoms with Gasteiger partial charge in [-0.2, -0.15) is 0 Å². The monoisotopic (exact) mass is 334 g/mol. The molecule has 1 aromatic rings. The number of carbonyl (C=O) groups excluding carboxylic acids is 1. The molecule has 0 saturated carbocycles. The van der Waals surface area contributed by atoms with Gasteiger partial charge in [0.25, 0.3) is 5.56 Å². The van der Waals surface area contributed by atoms with Gasteiger partial charge in [-0.3, -0.25) is 9.36 Å². The van der Waals surface area contributed by atoms with E-state index in [0.29, 0.717) is 17.2 Å². The molecule has 0 saturated heterocycles. The molecule has 0 atom stereocenters. The number of aromatic nitrogens is 2. The molecule has 0 aliphatic heterocycles. The summed E-state index contributed by atoms with van der Waals surface area (Å²) in [6, 6.07) is 0. The van der Waals surface area contributed by atoms with E-state index in [1.54, 1.807) is 27.0 Å². The van der Waals surface area contributed by atoms with Crippen LogP contribution in [0.5, 0.6) is 0 Å². The van der Waals surface area contributed by atoms with E-state index in [4.69, 9.17) is 16.3 Å². The first kappa shape index (κ1) is 17.8. The van der Waals surface area contributed by atoms with Crippen molar-refractivity contribution >= 4 is 29.5 Å². The Labute approximate surface area is 132 Å². The van der Waals surface area contributed by atoms with Crippen molar-refractivity contribution in [1.82, 2.24) is 9.13 Å². The molecule has 1 rings (SSSR count). The maximum atomic E-state index is 12.3. The zero-order valence-corrected chi connectivity index (χ0v) is 14.1. The van der Waals surface area contributed by atoms with Crippen molar-refractivity contribution in [3.8, 4) is 0 Å². The number of halogens is 1. The number of thioether (sulfide) groups is 1. The molecule has 0 radical (unpaired) electrons. The molecule has 21 heavy (non-hydrogen) atoms. The summed E-state index contributed by atoms with van der Waals surface area (Å²) in [6.45, 7) is 5.27. The van der Waals surface area contributed by atoms with Crippen molar-refractivity contribution in [2.75, 3.05) is 12.1 Å². The standard InChI is InChI=1S/C13H19ClN2O4S/c1-13(2,3)20-12(19)16-8-9(21-4)10(17)15(11(16)18)7-5-6-14/h8H,5-7H2,1-4H3. The Morgan fingerprint density at radius 3 is 2.48 bits per heavy atom. The Bertz CT molecular complexity index is 631. The van der Waals surface area contributed by atoms with Gasteiger partial charge in [-0.25, -0.2) is 14.2 Å². The van der Waals surface area contributed by atoms with Gasteiger partial charge < -0.3 is 4.74 Å². The predicted molar refractivity (Wildman–Crippen MR) is 83.7 cm³/mol. The number of hydrogen-bond acceptors (Lipinski definition) is 5. The maximum absolute atomic E-state index is 12.3. The van der Waals surface area contributed by atoms with Crippen molar-refractivity contribution in [1.29, 1.82) is 0 Å². The van der Waals surface area contributed by atoms with E-state index in [2.05, 4.69) is 0 Å². The van der Waals surface area contributed by atoms with Crippen LogP contribution in [0.2, 0.25) is 0 Å². The van der Waals surface area contributed by atoms with Gasteiger partial charge in [-0.15, -0.1) is 23.4 Å². The lowest BCUT2D eigenvalue weighted by atomic mass is 10.2. The summed E-state index contributed by atoms with van der Waals surface area (Å²) >= 11 is 6.77. The molecule has 0 aliphatic carbocycles. The summed E-state index contributed by atoms with van der Waals surface area (Å²) in [7, 11) is 0. The Morgan fingerprint density at radius 2 is 2.00 bits per heavy atom. The summed E-state index contributed by atoms with van der Waals surface area (Å²) in [6.07, 6.45) is 2.58. The molecule has 118 valence electrons. The molecule has 0 aromatic carbocycles. The lowest BCUT2D eigenvalue weighted by Crippen LogP contribution is -2.44. The highest BCUT2D eigenvalue weighted by Crippen LogP contribution is 2.10. The first-order valence-corrected chi connectivity index (χ1v) is 8.17. The molecule has 0 fully saturated rings. The number of hydrogen-bond donors (Lipinski definition) is 0. The van der Waals surface area contributed by atoms with Crippen LogP contribution in [0, 0.1) is 0 Å². The predicted octanol–water partition coefficient (Wildman–Crippen LogP) is 2.14. The Kier molecular flexibility index (Phi) is 6.10. The molecule has 6 nitrogen and oxygen atoms in total. The number of ether oxygens (including phenoxy) is 1. The highest BCUT2D eigenvalue weighted by Gasteiger charge is 2.21. The Hall–Kier alpha value is -1.21. The van der Waals surface area contributed by atoms with E-state index in [0.717, 1.165) is 9.13 Å². The topological polar surface area (TPSA) is 70.3 Å². The van der Waals surface area contributed by atoms with Crippen LogP contribution >= 0.6 is 23.4 Å². The minimum absolute atomic E-state index is 0.165. The molecular formula is C13H19ClN2O4S. The minimum Gasteiger partial charge on any atom is -0.443 e. The van der Waals surface area contributed by atoms with E-state index in [9.17, 15) is 14.4 Å². The fraction of sp³-hybridized carbons (Fsp3) is 0.615. The van der Waals surface area contributed by atoms with Crippen molar-refractivity contribution in [2.45, 2.75) is 44.2 Å². The van der Waals surface area contributed by atoms with Gasteiger partial charge in [-0.1, -0.05) is 0 Å². The SMILES string of the molecule is CSc1cn(C(=O)OC(C)(C)C)c(=O)n(CCCCl)c1=O. The molecule has 1 heterocycles. The van der Waals surface area contributed by atoms with Crippen LogP contribution in [0.25, 0.3) is 0 Å². The third-order valence-electron chi connectivity index (χ3n) is 2.46. The molecule has 8 heteroatoms. The second-order valence-corrected chi connectivity index (χ2v) is 6.56. The summed E-state index contributed by atoms with van der Waals surface area (Å²) in [5.41, 5.74) is -1.86. The van der Waals surface area contributed by atoms with E-state index in [-0.39, 0.29) is 6.54 Å². The van der Waals surface area contributed by atoms with Gasteiger partial charge in [0.2, 0.25) is 0 Å². The van der Waals surface area contributed by atoms with Crippen LogP contribution in [0.15, 0.2) is 20.7 Å². The minimum atomic E-state index is -0.803.